The molecule has 8 heteroatoms. The summed E-state index contributed by atoms with van der Waals surface area (Å²) in [7, 11) is 0. The zero-order valence-corrected chi connectivity index (χ0v) is 15.1. The summed E-state index contributed by atoms with van der Waals surface area (Å²) < 4.78 is 0. The van der Waals surface area contributed by atoms with Crippen LogP contribution in [0.15, 0.2) is 60.7 Å². The highest BCUT2D eigenvalue weighted by atomic mass is 16.4. The fourth-order valence-electron chi connectivity index (χ4n) is 3.10. The van der Waals surface area contributed by atoms with E-state index in [1.807, 2.05) is 0 Å². The van der Waals surface area contributed by atoms with E-state index in [2.05, 4.69) is 0 Å². The maximum absolute atomic E-state index is 12.1. The molecule has 2 N–H and O–H groups in total. The summed E-state index contributed by atoms with van der Waals surface area (Å²) >= 11 is 0. The van der Waals surface area contributed by atoms with Crippen molar-refractivity contribution >= 4 is 23.9 Å². The van der Waals surface area contributed by atoms with E-state index in [4.69, 9.17) is 0 Å². The van der Waals surface area contributed by atoms with Crippen LogP contribution in [0.25, 0.3) is 22.3 Å². The molecule has 3 aromatic carbocycles. The number of carbonyl (C=O) groups is 4. The minimum absolute atomic E-state index is 0.101. The summed E-state index contributed by atoms with van der Waals surface area (Å²) in [6.45, 7) is 0. The lowest BCUT2D eigenvalue weighted by Gasteiger charge is -2.16. The maximum atomic E-state index is 12.1. The molecule has 0 radical (unpaired) electrons. The zero-order chi connectivity index (χ0) is 22.0. The molecule has 8 nitrogen and oxygen atoms in total. The van der Waals surface area contributed by atoms with Gasteiger partial charge in [0.05, 0.1) is 23.1 Å². The third-order valence-electron chi connectivity index (χ3n) is 4.49. The molecule has 3 rings (SSSR count). The van der Waals surface area contributed by atoms with Gasteiger partial charge in [-0.1, -0.05) is 54.6 Å². The molecule has 0 saturated carbocycles. The molecule has 0 atom stereocenters. The summed E-state index contributed by atoms with van der Waals surface area (Å²) in [5.74, 6) is -5.60. The van der Waals surface area contributed by atoms with Gasteiger partial charge in [0.1, 0.15) is 0 Å². The highest BCUT2D eigenvalue weighted by Crippen LogP contribution is 2.36. The Morgan fingerprint density at radius 3 is 1.47 bits per heavy atom. The number of benzene rings is 3. The molecular weight excluding hydrogens is 392 g/mol. The molecule has 0 aliphatic rings. The Hall–Kier alpha value is -4.46. The van der Waals surface area contributed by atoms with Crippen LogP contribution >= 0.6 is 0 Å². The Bertz CT molecular complexity index is 1180. The molecule has 0 spiro atoms. The summed E-state index contributed by atoms with van der Waals surface area (Å²) in [4.78, 5) is 45.8. The van der Waals surface area contributed by atoms with Gasteiger partial charge in [0.2, 0.25) is 0 Å². The number of aromatic carboxylic acids is 4. The van der Waals surface area contributed by atoms with Gasteiger partial charge in [0.15, 0.2) is 0 Å². The van der Waals surface area contributed by atoms with Crippen molar-refractivity contribution in [2.24, 2.45) is 0 Å². The first kappa shape index (κ1) is 20.3. The summed E-state index contributed by atoms with van der Waals surface area (Å²) in [5, 5.41) is 41.3. The molecule has 0 bridgehead atoms. The fraction of sp³-hybridized carbons (Fsp3) is 0. The predicted molar refractivity (Wildman–Crippen MR) is 99.9 cm³/mol. The largest absolute Gasteiger partial charge is 0.545 e. The van der Waals surface area contributed by atoms with Gasteiger partial charge in [0.25, 0.3) is 0 Å². The van der Waals surface area contributed by atoms with E-state index < -0.39 is 23.9 Å². The third-order valence-corrected chi connectivity index (χ3v) is 4.49. The summed E-state index contributed by atoms with van der Waals surface area (Å²) in [6, 6.07) is 12.8. The van der Waals surface area contributed by atoms with Gasteiger partial charge >= 0.3 is 11.9 Å². The SMILES string of the molecule is O=C([O-])c1ccc(-c2ccc(C(=O)O)c(-c3ccc(C(=O)[O-])cc3)c2C(=O)O)cc1. The Morgan fingerprint density at radius 2 is 1.07 bits per heavy atom. The predicted octanol–water partition coefficient (Wildman–Crippen LogP) is 1.14. The molecular formula is C22H12O8-2. The second-order valence-electron chi connectivity index (χ2n) is 6.25. The molecule has 0 heterocycles. The first-order chi connectivity index (χ1) is 14.2. The lowest BCUT2D eigenvalue weighted by Crippen LogP contribution is -2.22. The molecule has 0 fully saturated rings. The number of carboxylic acid groups (broad SMARTS) is 4. The zero-order valence-electron chi connectivity index (χ0n) is 15.1. The average molecular weight is 404 g/mol. The van der Waals surface area contributed by atoms with Crippen LogP contribution < -0.4 is 10.2 Å². The molecule has 0 saturated heterocycles. The second kappa shape index (κ2) is 7.88. The Kier molecular flexibility index (Phi) is 5.33. The van der Waals surface area contributed by atoms with Crippen molar-refractivity contribution in [3.05, 3.63) is 82.9 Å². The molecule has 0 aromatic heterocycles. The number of carbonyl (C=O) groups excluding carboxylic acids is 2. The van der Waals surface area contributed by atoms with Gasteiger partial charge in [0, 0.05) is 5.56 Å². The molecule has 3 aromatic rings. The smallest absolute Gasteiger partial charge is 0.336 e. The molecule has 0 unspecified atom stereocenters. The van der Waals surface area contributed by atoms with E-state index in [1.165, 1.54) is 60.7 Å². The van der Waals surface area contributed by atoms with E-state index >= 15 is 0 Å². The average Bonchev–Trinajstić information content (AvgIpc) is 2.72. The molecule has 0 amide bonds. The van der Waals surface area contributed by atoms with Crippen LogP contribution in [-0.2, 0) is 0 Å². The van der Waals surface area contributed by atoms with Crippen molar-refractivity contribution in [1.29, 1.82) is 0 Å². The minimum atomic E-state index is -1.43. The Labute approximate surface area is 169 Å². The maximum Gasteiger partial charge on any atom is 0.336 e. The Morgan fingerprint density at radius 1 is 0.600 bits per heavy atom. The second-order valence-corrected chi connectivity index (χ2v) is 6.25. The van der Waals surface area contributed by atoms with Crippen LogP contribution in [0.4, 0.5) is 0 Å². The van der Waals surface area contributed by atoms with E-state index in [9.17, 15) is 39.6 Å². The van der Waals surface area contributed by atoms with Crippen LogP contribution in [-0.4, -0.2) is 34.1 Å². The van der Waals surface area contributed by atoms with Crippen molar-refractivity contribution in [2.75, 3.05) is 0 Å². The summed E-state index contributed by atoms with van der Waals surface area (Å²) in [6.07, 6.45) is 0. The van der Waals surface area contributed by atoms with Crippen LogP contribution in [0, 0.1) is 0 Å². The van der Waals surface area contributed by atoms with Gasteiger partial charge in [-0.05, 0) is 33.9 Å². The van der Waals surface area contributed by atoms with Crippen LogP contribution in [0.5, 0.6) is 0 Å². The van der Waals surface area contributed by atoms with E-state index in [1.54, 1.807) is 0 Å². The first-order valence-corrected chi connectivity index (χ1v) is 8.48. The highest BCUT2D eigenvalue weighted by molar-refractivity contribution is 6.09. The molecule has 30 heavy (non-hydrogen) atoms. The number of carboxylic acids is 4. The number of hydrogen-bond donors (Lipinski definition) is 2. The van der Waals surface area contributed by atoms with Crippen LogP contribution in [0.3, 0.4) is 0 Å². The normalized spacial score (nSPS) is 10.4. The van der Waals surface area contributed by atoms with Gasteiger partial charge in [-0.25, -0.2) is 9.59 Å². The monoisotopic (exact) mass is 404 g/mol. The van der Waals surface area contributed by atoms with Crippen LogP contribution in [0.1, 0.15) is 41.4 Å². The van der Waals surface area contributed by atoms with Crippen LogP contribution in [0.2, 0.25) is 0 Å². The number of rotatable bonds is 6. The van der Waals surface area contributed by atoms with E-state index in [-0.39, 0.29) is 38.9 Å². The van der Waals surface area contributed by atoms with Crippen molar-refractivity contribution in [3.63, 3.8) is 0 Å². The number of hydrogen-bond acceptors (Lipinski definition) is 6. The van der Waals surface area contributed by atoms with Gasteiger partial charge in [-0.15, -0.1) is 0 Å². The van der Waals surface area contributed by atoms with Crippen molar-refractivity contribution < 1.29 is 39.6 Å². The van der Waals surface area contributed by atoms with Gasteiger partial charge in [-0.2, -0.15) is 0 Å². The lowest BCUT2D eigenvalue weighted by atomic mass is 9.87. The highest BCUT2D eigenvalue weighted by Gasteiger charge is 2.24. The standard InChI is InChI=1S/C22H14O8/c23-19(24)13-5-1-11(2-6-13)15-9-10-16(21(27)28)17(18(15)22(29)30)12-3-7-14(8-4-12)20(25)26/h1-10H,(H,23,24)(H,25,26)(H,27,28)(H,29,30)/p-2. The Balaban J connectivity index is 2.29. The molecule has 0 aliphatic heterocycles. The van der Waals surface area contributed by atoms with E-state index in [0.29, 0.717) is 5.56 Å². The third kappa shape index (κ3) is 3.74. The summed E-state index contributed by atoms with van der Waals surface area (Å²) in [5.41, 5.74) is -0.277. The molecule has 150 valence electrons. The fourth-order valence-corrected chi connectivity index (χ4v) is 3.10. The van der Waals surface area contributed by atoms with Gasteiger partial charge in [-0.3, -0.25) is 0 Å². The quantitative estimate of drug-likeness (QED) is 0.620. The van der Waals surface area contributed by atoms with Crippen molar-refractivity contribution in [2.45, 2.75) is 0 Å². The topological polar surface area (TPSA) is 155 Å². The lowest BCUT2D eigenvalue weighted by molar-refractivity contribution is -0.256. The molecule has 0 aliphatic carbocycles. The van der Waals surface area contributed by atoms with Crippen molar-refractivity contribution in [1.82, 2.24) is 0 Å². The minimum Gasteiger partial charge on any atom is -0.545 e. The van der Waals surface area contributed by atoms with Gasteiger partial charge < -0.3 is 30.0 Å². The first-order valence-electron chi connectivity index (χ1n) is 8.48. The van der Waals surface area contributed by atoms with E-state index in [0.717, 1.165) is 0 Å². The van der Waals surface area contributed by atoms with Crippen molar-refractivity contribution in [3.8, 4) is 22.3 Å².